The number of hydrogen-bond donors (Lipinski definition) is 1. The molecule has 1 aliphatic rings. The summed E-state index contributed by atoms with van der Waals surface area (Å²) in [5.74, 6) is -0.0109. The van der Waals surface area contributed by atoms with Crippen molar-refractivity contribution in [2.75, 3.05) is 19.7 Å². The maximum Gasteiger partial charge on any atom is 0.257 e. The van der Waals surface area contributed by atoms with Crippen LogP contribution in [-0.2, 0) is 18.2 Å². The average Bonchev–Trinajstić information content (AvgIpc) is 2.91. The van der Waals surface area contributed by atoms with Gasteiger partial charge < -0.3 is 14.6 Å². The summed E-state index contributed by atoms with van der Waals surface area (Å²) in [6, 6.07) is 1.49. The molecule has 1 atom stereocenters. The first-order chi connectivity index (χ1) is 11.5. The zero-order valence-electron chi connectivity index (χ0n) is 13.9. The molecule has 1 unspecified atom stereocenters. The van der Waals surface area contributed by atoms with Crippen LogP contribution in [0.5, 0.6) is 0 Å². The second-order valence-electron chi connectivity index (χ2n) is 5.99. The lowest BCUT2D eigenvalue weighted by atomic mass is 10.1. The van der Waals surface area contributed by atoms with E-state index in [9.17, 15) is 9.59 Å². The van der Waals surface area contributed by atoms with Crippen molar-refractivity contribution in [3.8, 4) is 0 Å². The summed E-state index contributed by atoms with van der Waals surface area (Å²) >= 11 is 0. The van der Waals surface area contributed by atoms with Crippen molar-refractivity contribution in [1.29, 1.82) is 0 Å². The molecule has 2 aromatic heterocycles. The zero-order chi connectivity index (χ0) is 17.1. The fourth-order valence-corrected chi connectivity index (χ4v) is 2.91. The average molecular weight is 331 g/mol. The van der Waals surface area contributed by atoms with Gasteiger partial charge in [0.2, 0.25) is 0 Å². The van der Waals surface area contributed by atoms with E-state index in [2.05, 4.69) is 15.1 Å². The van der Waals surface area contributed by atoms with Crippen molar-refractivity contribution in [2.45, 2.75) is 25.9 Å². The molecule has 3 heterocycles. The molecule has 0 bridgehead atoms. The van der Waals surface area contributed by atoms with Crippen LogP contribution in [0.3, 0.4) is 0 Å². The summed E-state index contributed by atoms with van der Waals surface area (Å²) in [6.45, 7) is 3.46. The molecule has 0 aliphatic carbocycles. The lowest BCUT2D eigenvalue weighted by Crippen LogP contribution is -2.45. The van der Waals surface area contributed by atoms with E-state index < -0.39 is 0 Å². The number of aromatic nitrogens is 4. The van der Waals surface area contributed by atoms with Crippen molar-refractivity contribution in [3.05, 3.63) is 45.9 Å². The Labute approximate surface area is 139 Å². The number of morpholine rings is 1. The molecule has 0 aromatic carbocycles. The summed E-state index contributed by atoms with van der Waals surface area (Å²) in [7, 11) is 1.81. The van der Waals surface area contributed by atoms with Crippen LogP contribution in [0, 0.1) is 6.92 Å². The Hall–Kier alpha value is -2.48. The molecule has 1 fully saturated rings. The van der Waals surface area contributed by atoms with Gasteiger partial charge in [-0.05, 0) is 19.8 Å². The van der Waals surface area contributed by atoms with Crippen LogP contribution in [0.1, 0.15) is 28.2 Å². The highest BCUT2D eigenvalue weighted by molar-refractivity contribution is 5.95. The molecule has 1 N–H and O–H groups in total. The van der Waals surface area contributed by atoms with E-state index in [1.807, 2.05) is 11.8 Å². The number of aromatic amines is 1. The minimum Gasteiger partial charge on any atom is -0.375 e. The number of ether oxygens (including phenoxy) is 1. The minimum absolute atomic E-state index is 0.0109. The van der Waals surface area contributed by atoms with E-state index in [1.165, 1.54) is 12.4 Å². The number of H-pyrrole nitrogens is 1. The number of hydrogen-bond acceptors (Lipinski definition) is 5. The summed E-state index contributed by atoms with van der Waals surface area (Å²) < 4.78 is 7.41. The Balaban J connectivity index is 1.61. The monoisotopic (exact) mass is 331 g/mol. The smallest absolute Gasteiger partial charge is 0.257 e. The van der Waals surface area contributed by atoms with Gasteiger partial charge >= 0.3 is 0 Å². The molecule has 1 saturated heterocycles. The highest BCUT2D eigenvalue weighted by Gasteiger charge is 2.26. The van der Waals surface area contributed by atoms with Gasteiger partial charge in [0.15, 0.2) is 0 Å². The topological polar surface area (TPSA) is 93.1 Å². The van der Waals surface area contributed by atoms with Gasteiger partial charge in [-0.2, -0.15) is 5.10 Å². The first kappa shape index (κ1) is 16.4. The third kappa shape index (κ3) is 3.70. The summed E-state index contributed by atoms with van der Waals surface area (Å²) in [5.41, 5.74) is 1.94. The molecule has 0 saturated carbocycles. The quantitative estimate of drug-likeness (QED) is 0.869. The van der Waals surface area contributed by atoms with Crippen molar-refractivity contribution in [1.82, 2.24) is 24.6 Å². The van der Waals surface area contributed by atoms with Crippen LogP contribution in [-0.4, -0.2) is 56.4 Å². The predicted octanol–water partition coefficient (Wildman–Crippen LogP) is 0.286. The summed E-state index contributed by atoms with van der Waals surface area (Å²) in [5, 5.41) is 4.23. The molecule has 3 rings (SSSR count). The molecular weight excluding hydrogens is 310 g/mol. The molecular formula is C16H21N5O3. The number of nitrogens with zero attached hydrogens (tertiary/aromatic N) is 4. The number of carbonyl (C=O) groups is 1. The highest BCUT2D eigenvalue weighted by atomic mass is 16.5. The first-order valence-corrected chi connectivity index (χ1v) is 7.97. The van der Waals surface area contributed by atoms with Crippen LogP contribution < -0.4 is 5.56 Å². The molecule has 8 heteroatoms. The Bertz CT molecular complexity index is 782. The van der Waals surface area contributed by atoms with E-state index in [0.29, 0.717) is 38.1 Å². The van der Waals surface area contributed by atoms with Crippen molar-refractivity contribution >= 4 is 5.91 Å². The lowest BCUT2D eigenvalue weighted by molar-refractivity contribution is -0.0247. The minimum atomic E-state index is -0.159. The van der Waals surface area contributed by atoms with Gasteiger partial charge in [-0.25, -0.2) is 4.98 Å². The van der Waals surface area contributed by atoms with Gasteiger partial charge in [0.1, 0.15) is 0 Å². The van der Waals surface area contributed by atoms with E-state index in [1.54, 1.807) is 17.9 Å². The van der Waals surface area contributed by atoms with E-state index in [-0.39, 0.29) is 17.6 Å². The number of nitrogens with one attached hydrogen (secondary N) is 1. The van der Waals surface area contributed by atoms with Crippen LogP contribution in [0.4, 0.5) is 0 Å². The maximum absolute atomic E-state index is 12.7. The summed E-state index contributed by atoms with van der Waals surface area (Å²) in [4.78, 5) is 32.4. The second-order valence-corrected chi connectivity index (χ2v) is 5.99. The molecule has 1 amide bonds. The molecule has 2 aromatic rings. The fourth-order valence-electron chi connectivity index (χ4n) is 2.91. The normalized spacial score (nSPS) is 17.9. The number of amides is 1. The Morgan fingerprint density at radius 3 is 3.04 bits per heavy atom. The SMILES string of the molecule is Cc1nn(C)cc1C(=O)N1CCOC(CCc2cc(=O)[nH]cn2)C1. The Morgan fingerprint density at radius 1 is 1.50 bits per heavy atom. The number of aryl methyl sites for hydroxylation is 3. The van der Waals surface area contributed by atoms with E-state index in [4.69, 9.17) is 4.74 Å². The second kappa shape index (κ2) is 6.96. The van der Waals surface area contributed by atoms with Crippen molar-refractivity contribution in [3.63, 3.8) is 0 Å². The molecule has 0 radical (unpaired) electrons. The molecule has 8 nitrogen and oxygen atoms in total. The van der Waals surface area contributed by atoms with Crippen molar-refractivity contribution in [2.24, 2.45) is 7.05 Å². The largest absolute Gasteiger partial charge is 0.375 e. The number of carbonyl (C=O) groups excluding carboxylic acids is 1. The lowest BCUT2D eigenvalue weighted by Gasteiger charge is -2.33. The van der Waals surface area contributed by atoms with Crippen LogP contribution in [0.15, 0.2) is 23.4 Å². The highest BCUT2D eigenvalue weighted by Crippen LogP contribution is 2.15. The van der Waals surface area contributed by atoms with Crippen LogP contribution in [0.2, 0.25) is 0 Å². The molecule has 24 heavy (non-hydrogen) atoms. The molecule has 0 spiro atoms. The van der Waals surface area contributed by atoms with Crippen molar-refractivity contribution < 1.29 is 9.53 Å². The Kier molecular flexibility index (Phi) is 4.75. The Morgan fingerprint density at radius 2 is 2.33 bits per heavy atom. The third-order valence-corrected chi connectivity index (χ3v) is 4.13. The van der Waals surface area contributed by atoms with Gasteiger partial charge in [-0.1, -0.05) is 0 Å². The fraction of sp³-hybridized carbons (Fsp3) is 0.500. The molecule has 128 valence electrons. The maximum atomic E-state index is 12.7. The van der Waals surface area contributed by atoms with Gasteiger partial charge in [-0.15, -0.1) is 0 Å². The van der Waals surface area contributed by atoms with Crippen LogP contribution in [0.25, 0.3) is 0 Å². The van der Waals surface area contributed by atoms with Gasteiger partial charge in [0, 0.05) is 38.1 Å². The first-order valence-electron chi connectivity index (χ1n) is 7.97. The zero-order valence-corrected chi connectivity index (χ0v) is 13.9. The number of rotatable bonds is 4. The predicted molar refractivity (Wildman–Crippen MR) is 86.8 cm³/mol. The van der Waals surface area contributed by atoms with Gasteiger partial charge in [0.05, 0.1) is 30.3 Å². The third-order valence-electron chi connectivity index (χ3n) is 4.13. The van der Waals surface area contributed by atoms with E-state index in [0.717, 1.165) is 11.4 Å². The summed E-state index contributed by atoms with van der Waals surface area (Å²) in [6.07, 6.45) is 4.46. The van der Waals surface area contributed by atoms with Gasteiger partial charge in [0.25, 0.3) is 11.5 Å². The standard InChI is InChI=1S/C16H21N5O3/c1-11-14(9-20(2)19-11)16(23)21-5-6-24-13(8-21)4-3-12-7-15(22)18-10-17-12/h7,9-10,13H,3-6,8H2,1-2H3,(H,17,18,22). The van der Waals surface area contributed by atoms with Gasteiger partial charge in [-0.3, -0.25) is 14.3 Å². The van der Waals surface area contributed by atoms with E-state index >= 15 is 0 Å². The molecule has 1 aliphatic heterocycles. The van der Waals surface area contributed by atoms with Crippen LogP contribution >= 0.6 is 0 Å².